The highest BCUT2D eigenvalue weighted by molar-refractivity contribution is 5.81. The number of methoxy groups -OCH3 is 1. The number of carbonyl (C=O) groups excluding carboxylic acids is 6. The van der Waals surface area contributed by atoms with Crippen molar-refractivity contribution in [1.82, 2.24) is 5.32 Å². The highest BCUT2D eigenvalue weighted by Crippen LogP contribution is 2.31. The molecule has 0 aliphatic carbocycles. The van der Waals surface area contributed by atoms with Crippen LogP contribution >= 0.6 is 0 Å². The normalized spacial score (nSPS) is 23.7. The zero-order chi connectivity index (χ0) is 29.2. The molecule has 1 aliphatic rings. The molecule has 1 amide bonds. The van der Waals surface area contributed by atoms with Crippen LogP contribution in [-0.2, 0) is 57.1 Å². The van der Waals surface area contributed by atoms with Crippen LogP contribution in [0, 0.1) is 0 Å². The van der Waals surface area contributed by atoms with Gasteiger partial charge in [0.15, 0.2) is 18.3 Å². The highest BCUT2D eigenvalue weighted by atomic mass is 16.7. The van der Waals surface area contributed by atoms with Gasteiger partial charge in [0.2, 0.25) is 0 Å². The van der Waals surface area contributed by atoms with Gasteiger partial charge >= 0.3 is 35.9 Å². The molecule has 216 valence electrons. The van der Waals surface area contributed by atoms with Crippen LogP contribution in [0.2, 0.25) is 0 Å². The second-order valence-corrected chi connectivity index (χ2v) is 9.54. The summed E-state index contributed by atoms with van der Waals surface area (Å²) in [5, 5.41) is 2.43. The van der Waals surface area contributed by atoms with E-state index in [0.717, 1.165) is 34.8 Å². The van der Waals surface area contributed by atoms with Crippen molar-refractivity contribution in [3.05, 3.63) is 0 Å². The third-order valence-corrected chi connectivity index (χ3v) is 5.00. The van der Waals surface area contributed by atoms with Gasteiger partial charge in [-0.25, -0.2) is 9.59 Å². The third-order valence-electron chi connectivity index (χ3n) is 5.00. The van der Waals surface area contributed by atoms with Gasteiger partial charge in [-0.3, -0.25) is 19.2 Å². The number of nitrogens with one attached hydrogen (secondary N) is 1. The number of hydrogen-bond acceptors (Lipinski definition) is 13. The van der Waals surface area contributed by atoms with Crippen LogP contribution in [0.4, 0.5) is 4.79 Å². The van der Waals surface area contributed by atoms with E-state index in [1.807, 2.05) is 0 Å². The summed E-state index contributed by atoms with van der Waals surface area (Å²) in [4.78, 5) is 71.8. The number of amides is 1. The maximum Gasteiger partial charge on any atom is 0.408 e. The van der Waals surface area contributed by atoms with Gasteiger partial charge in [-0.05, 0) is 33.6 Å². The molecule has 1 heterocycles. The summed E-state index contributed by atoms with van der Waals surface area (Å²) in [6.07, 6.45) is -7.09. The standard InChI is InChI=1S/C24H37NO13/c1-12(26)33-11-18-20(35-14(3)28)21(36-15(4)29)19(34-13(2)27)17(37-18)10-9-16(22(30)32-8)25-23(31)38-24(5,6)7/h16-21H,9-11H2,1-8H3,(H,25,31)/t16-,17-,18+,19-,20-,21+/m0/s1. The topological polar surface area (TPSA) is 179 Å². The predicted octanol–water partition coefficient (Wildman–Crippen LogP) is 0.959. The summed E-state index contributed by atoms with van der Waals surface area (Å²) in [7, 11) is 1.14. The monoisotopic (exact) mass is 547 g/mol. The molecule has 0 unspecified atom stereocenters. The lowest BCUT2D eigenvalue weighted by molar-refractivity contribution is -0.253. The molecule has 0 aromatic heterocycles. The molecule has 38 heavy (non-hydrogen) atoms. The first-order chi connectivity index (χ1) is 17.5. The molecule has 1 saturated heterocycles. The van der Waals surface area contributed by atoms with E-state index < -0.39 is 78.1 Å². The maximum absolute atomic E-state index is 12.4. The van der Waals surface area contributed by atoms with Gasteiger partial charge in [0.05, 0.1) is 13.2 Å². The minimum atomic E-state index is -1.34. The summed E-state index contributed by atoms with van der Waals surface area (Å²) in [6.45, 7) is 9.07. The van der Waals surface area contributed by atoms with Crippen molar-refractivity contribution in [2.75, 3.05) is 13.7 Å². The van der Waals surface area contributed by atoms with Crippen LogP contribution in [0.25, 0.3) is 0 Å². The largest absolute Gasteiger partial charge is 0.467 e. The minimum absolute atomic E-state index is 0.0470. The fraction of sp³-hybridized carbons (Fsp3) is 0.750. The minimum Gasteiger partial charge on any atom is -0.467 e. The molecule has 0 saturated carbocycles. The zero-order valence-corrected chi connectivity index (χ0v) is 22.9. The van der Waals surface area contributed by atoms with E-state index in [4.69, 9.17) is 33.2 Å². The maximum atomic E-state index is 12.4. The second-order valence-electron chi connectivity index (χ2n) is 9.54. The van der Waals surface area contributed by atoms with Gasteiger partial charge in [0, 0.05) is 27.7 Å². The molecule has 1 fully saturated rings. The molecule has 14 heteroatoms. The number of rotatable bonds is 10. The van der Waals surface area contributed by atoms with Crippen LogP contribution in [0.5, 0.6) is 0 Å². The Labute approximate surface area is 220 Å². The lowest BCUT2D eigenvalue weighted by Crippen LogP contribution is -2.62. The Morgan fingerprint density at radius 2 is 1.29 bits per heavy atom. The van der Waals surface area contributed by atoms with Crippen molar-refractivity contribution in [1.29, 1.82) is 0 Å². The van der Waals surface area contributed by atoms with Crippen molar-refractivity contribution in [2.24, 2.45) is 0 Å². The van der Waals surface area contributed by atoms with Gasteiger partial charge in [0.25, 0.3) is 0 Å². The van der Waals surface area contributed by atoms with Crippen LogP contribution in [0.3, 0.4) is 0 Å². The Morgan fingerprint density at radius 3 is 1.74 bits per heavy atom. The van der Waals surface area contributed by atoms with Crippen molar-refractivity contribution in [3.8, 4) is 0 Å². The van der Waals surface area contributed by atoms with Gasteiger partial charge in [-0.1, -0.05) is 0 Å². The fourth-order valence-corrected chi connectivity index (χ4v) is 3.72. The summed E-state index contributed by atoms with van der Waals surface area (Å²) < 4.78 is 37.1. The lowest BCUT2D eigenvalue weighted by atomic mass is 9.91. The van der Waals surface area contributed by atoms with Gasteiger partial charge < -0.3 is 38.5 Å². The molecule has 0 aromatic carbocycles. The van der Waals surface area contributed by atoms with E-state index in [1.165, 1.54) is 0 Å². The van der Waals surface area contributed by atoms with E-state index in [1.54, 1.807) is 20.8 Å². The Bertz CT molecular complexity index is 881. The molecule has 1 rings (SSSR count). The Balaban J connectivity index is 3.31. The highest BCUT2D eigenvalue weighted by Gasteiger charge is 2.52. The quantitative estimate of drug-likeness (QED) is 0.302. The van der Waals surface area contributed by atoms with Crippen molar-refractivity contribution in [3.63, 3.8) is 0 Å². The van der Waals surface area contributed by atoms with E-state index in [2.05, 4.69) is 5.32 Å². The van der Waals surface area contributed by atoms with Crippen molar-refractivity contribution < 1.29 is 61.9 Å². The molecule has 1 N–H and O–H groups in total. The molecule has 6 atom stereocenters. The molecule has 0 bridgehead atoms. The molecular weight excluding hydrogens is 510 g/mol. The first kappa shape index (κ1) is 32.6. The van der Waals surface area contributed by atoms with Crippen LogP contribution in [0.15, 0.2) is 0 Å². The summed E-state index contributed by atoms with van der Waals surface area (Å²) in [6, 6.07) is -1.18. The third kappa shape index (κ3) is 11.3. The molecule has 0 spiro atoms. The van der Waals surface area contributed by atoms with Crippen LogP contribution in [-0.4, -0.2) is 91.8 Å². The first-order valence-corrected chi connectivity index (χ1v) is 11.9. The molecule has 1 aliphatic heterocycles. The number of carbonyl (C=O) groups is 6. The number of hydrogen-bond donors (Lipinski definition) is 1. The summed E-state index contributed by atoms with van der Waals surface area (Å²) >= 11 is 0. The predicted molar refractivity (Wildman–Crippen MR) is 126 cm³/mol. The molecular formula is C24H37NO13. The Kier molecular flexibility index (Phi) is 12.4. The fourth-order valence-electron chi connectivity index (χ4n) is 3.72. The average Bonchev–Trinajstić information content (AvgIpc) is 2.75. The van der Waals surface area contributed by atoms with Gasteiger partial charge in [-0.15, -0.1) is 0 Å². The van der Waals surface area contributed by atoms with E-state index in [9.17, 15) is 28.8 Å². The van der Waals surface area contributed by atoms with E-state index >= 15 is 0 Å². The number of esters is 5. The van der Waals surface area contributed by atoms with Gasteiger partial charge in [-0.2, -0.15) is 0 Å². The second kappa shape index (κ2) is 14.5. The average molecular weight is 548 g/mol. The number of alkyl carbamates (subject to hydrolysis) is 1. The molecule has 14 nitrogen and oxygen atoms in total. The van der Waals surface area contributed by atoms with Crippen molar-refractivity contribution >= 4 is 35.9 Å². The number of ether oxygens (including phenoxy) is 7. The van der Waals surface area contributed by atoms with Crippen LogP contribution < -0.4 is 5.32 Å². The summed E-state index contributed by atoms with van der Waals surface area (Å²) in [5.74, 6) is -3.70. The van der Waals surface area contributed by atoms with Gasteiger partial charge in [0.1, 0.15) is 24.4 Å². The van der Waals surface area contributed by atoms with E-state index in [-0.39, 0.29) is 19.4 Å². The Hall–Kier alpha value is -3.42. The lowest BCUT2D eigenvalue weighted by Gasteiger charge is -2.44. The SMILES string of the molecule is COC(=O)[C@H](CC[C@@H]1O[C@H](COC(C)=O)[C@H](OC(C)=O)[C@H](OC(C)=O)[C@H]1OC(C)=O)NC(=O)OC(C)(C)C. The molecule has 0 aromatic rings. The first-order valence-electron chi connectivity index (χ1n) is 11.9. The Morgan fingerprint density at radius 1 is 0.789 bits per heavy atom. The zero-order valence-electron chi connectivity index (χ0n) is 22.9. The van der Waals surface area contributed by atoms with Crippen LogP contribution in [0.1, 0.15) is 61.3 Å². The summed E-state index contributed by atoms with van der Waals surface area (Å²) in [5.41, 5.74) is -0.829. The van der Waals surface area contributed by atoms with Crippen molar-refractivity contribution in [2.45, 2.75) is 103 Å². The smallest absolute Gasteiger partial charge is 0.408 e. The van der Waals surface area contributed by atoms with E-state index in [0.29, 0.717) is 0 Å². The molecule has 0 radical (unpaired) electrons.